The quantitative estimate of drug-likeness (QED) is 0.354. The Labute approximate surface area is 211 Å². The van der Waals surface area contributed by atoms with Crippen molar-refractivity contribution in [3.63, 3.8) is 0 Å². The summed E-state index contributed by atoms with van der Waals surface area (Å²) in [6.45, 7) is 2.13. The van der Waals surface area contributed by atoms with Gasteiger partial charge in [-0.3, -0.25) is 31.7 Å². The van der Waals surface area contributed by atoms with Gasteiger partial charge in [0.05, 0.1) is 36.4 Å². The molecule has 7 atom stereocenters. The van der Waals surface area contributed by atoms with Gasteiger partial charge in [-0.15, -0.1) is 0 Å². The van der Waals surface area contributed by atoms with Crippen molar-refractivity contribution in [2.75, 3.05) is 47.3 Å². The summed E-state index contributed by atoms with van der Waals surface area (Å²) in [6, 6.07) is 1.08. The monoisotopic (exact) mass is 512 g/mol. The van der Waals surface area contributed by atoms with Crippen molar-refractivity contribution >= 4 is 5.96 Å². The number of hydrogen-bond acceptors (Lipinski definition) is 8. The Kier molecular flexibility index (Phi) is 7.12. The van der Waals surface area contributed by atoms with Crippen LogP contribution >= 0.6 is 0 Å². The largest absolute Gasteiger partial charge is 0.405 e. The average Bonchev–Trinajstić information content (AvgIpc) is 3.49. The summed E-state index contributed by atoms with van der Waals surface area (Å²) in [4.78, 5) is 5.99. The van der Waals surface area contributed by atoms with Crippen LogP contribution in [0.4, 0.5) is 13.2 Å². The summed E-state index contributed by atoms with van der Waals surface area (Å²) in [5, 5.41) is 30.5. The van der Waals surface area contributed by atoms with E-state index in [2.05, 4.69) is 32.3 Å². The molecule has 0 radical (unpaired) electrons. The molecule has 10 nitrogen and oxygen atoms in total. The van der Waals surface area contributed by atoms with Gasteiger partial charge >= 0.3 is 6.18 Å². The predicted octanol–water partition coefficient (Wildman–Crippen LogP) is -0.0610. The average molecular weight is 513 g/mol. The molecule has 0 bridgehead atoms. The Balaban J connectivity index is 1.19. The van der Waals surface area contributed by atoms with Gasteiger partial charge in [0.25, 0.3) is 0 Å². The maximum Gasteiger partial charge on any atom is 0.405 e. The molecule has 5 fully saturated rings. The Bertz CT molecular complexity index is 856. The summed E-state index contributed by atoms with van der Waals surface area (Å²) < 4.78 is 39.6. The minimum atomic E-state index is -4.21. The Hall–Kier alpha value is -1.69. The number of rotatable bonds is 4. The molecule has 7 unspecified atom stereocenters. The number of hydrogen-bond donors (Lipinski definition) is 5. The Morgan fingerprint density at radius 2 is 1.78 bits per heavy atom. The van der Waals surface area contributed by atoms with Crippen molar-refractivity contribution in [3.05, 3.63) is 0 Å². The summed E-state index contributed by atoms with van der Waals surface area (Å²) in [5.41, 5.74) is 3.26. The number of hydrazine groups is 1. The molecule has 0 aromatic rings. The standard InChI is InChI=1S/C23H39F3N10/c1-33-12-17(23(24,25)26)31-20(33)14-6-4-13(5-7-14)11-36-21-16(34(2)22(36)28)10-29-19(32-21)18-15(8-27)9-30-35(18)3/h13-21,28-32H,4-7,9-12H2,1-3H3. The molecule has 0 aromatic carbocycles. The van der Waals surface area contributed by atoms with Gasteiger partial charge in [0, 0.05) is 40.3 Å². The number of nitriles is 1. The minimum absolute atomic E-state index is 0.00761. The SMILES string of the molecule is CN1CC(C(F)(F)F)NC1C1CCC(CN2C(=N)N(C)C3CNC(C4C(C#N)CNN4C)NC32)CC1. The third-order valence-electron chi connectivity index (χ3n) is 9.13. The van der Waals surface area contributed by atoms with Gasteiger partial charge in [0.2, 0.25) is 0 Å². The van der Waals surface area contributed by atoms with Gasteiger partial charge in [-0.1, -0.05) is 0 Å². The van der Waals surface area contributed by atoms with Crippen LogP contribution in [0.5, 0.6) is 0 Å². The molecular weight excluding hydrogens is 473 g/mol. The van der Waals surface area contributed by atoms with Gasteiger partial charge in [0.15, 0.2) is 5.96 Å². The fraction of sp³-hybridized carbons (Fsp3) is 0.913. The van der Waals surface area contributed by atoms with Gasteiger partial charge in [-0.2, -0.15) is 18.4 Å². The first-order valence-corrected chi connectivity index (χ1v) is 13.0. The zero-order chi connectivity index (χ0) is 25.8. The van der Waals surface area contributed by atoms with Crippen LogP contribution < -0.4 is 21.4 Å². The second-order valence-corrected chi connectivity index (χ2v) is 11.3. The van der Waals surface area contributed by atoms with Crippen LogP contribution in [0.15, 0.2) is 0 Å². The van der Waals surface area contributed by atoms with Gasteiger partial charge in [-0.25, -0.2) is 5.01 Å². The maximum absolute atomic E-state index is 13.2. The zero-order valence-electron chi connectivity index (χ0n) is 21.2. The van der Waals surface area contributed by atoms with Crippen LogP contribution in [-0.4, -0.2) is 116 Å². The second kappa shape index (κ2) is 9.89. The van der Waals surface area contributed by atoms with Crippen molar-refractivity contribution in [3.8, 4) is 6.07 Å². The molecule has 0 spiro atoms. The molecule has 1 aliphatic carbocycles. The molecule has 13 heteroatoms. The van der Waals surface area contributed by atoms with Crippen LogP contribution in [0.1, 0.15) is 25.7 Å². The fourth-order valence-corrected chi connectivity index (χ4v) is 7.03. The van der Waals surface area contributed by atoms with E-state index in [9.17, 15) is 18.4 Å². The highest BCUT2D eigenvalue weighted by Gasteiger charge is 2.50. The molecule has 202 valence electrons. The summed E-state index contributed by atoms with van der Waals surface area (Å²) >= 11 is 0. The van der Waals surface area contributed by atoms with Gasteiger partial charge < -0.3 is 9.80 Å². The highest BCUT2D eigenvalue weighted by molar-refractivity contribution is 5.80. The molecular formula is C23H39F3N10. The zero-order valence-corrected chi connectivity index (χ0v) is 21.2. The van der Waals surface area contributed by atoms with Crippen LogP contribution in [0.25, 0.3) is 0 Å². The third kappa shape index (κ3) is 4.68. The van der Waals surface area contributed by atoms with Crippen LogP contribution in [0.2, 0.25) is 0 Å². The number of nitrogens with zero attached hydrogens (tertiary/aromatic N) is 5. The highest BCUT2D eigenvalue weighted by atomic mass is 19.4. The molecule has 5 N–H and O–H groups in total. The van der Waals surface area contributed by atoms with Crippen LogP contribution in [0.3, 0.4) is 0 Å². The Morgan fingerprint density at radius 3 is 2.42 bits per heavy atom. The molecule has 0 aromatic heterocycles. The molecule has 36 heavy (non-hydrogen) atoms. The highest BCUT2D eigenvalue weighted by Crippen LogP contribution is 2.37. The lowest BCUT2D eigenvalue weighted by molar-refractivity contribution is -0.150. The molecule has 4 saturated heterocycles. The maximum atomic E-state index is 13.2. The van der Waals surface area contributed by atoms with E-state index in [1.807, 2.05) is 28.9 Å². The van der Waals surface area contributed by atoms with Crippen LogP contribution in [0, 0.1) is 34.5 Å². The number of likely N-dealkylation sites (N-methyl/N-ethyl adjacent to an activating group) is 3. The summed E-state index contributed by atoms with van der Waals surface area (Å²) in [5.74, 6) is 0.985. The first-order valence-electron chi connectivity index (χ1n) is 13.0. The topological polar surface area (TPSA) is 109 Å². The fourth-order valence-electron chi connectivity index (χ4n) is 7.03. The van der Waals surface area contributed by atoms with Gasteiger partial charge in [-0.05, 0) is 44.6 Å². The smallest absolute Gasteiger partial charge is 0.338 e. The van der Waals surface area contributed by atoms with Crippen molar-refractivity contribution in [2.24, 2.45) is 17.8 Å². The van der Waals surface area contributed by atoms with E-state index in [1.165, 1.54) is 0 Å². The predicted molar refractivity (Wildman–Crippen MR) is 128 cm³/mol. The lowest BCUT2D eigenvalue weighted by Gasteiger charge is -2.43. The van der Waals surface area contributed by atoms with E-state index in [-0.39, 0.29) is 49.0 Å². The Morgan fingerprint density at radius 1 is 1.06 bits per heavy atom. The molecule has 5 rings (SSSR count). The molecule has 0 amide bonds. The number of nitrogens with one attached hydrogen (secondary N) is 5. The first kappa shape index (κ1) is 25.9. The number of alkyl halides is 3. The lowest BCUT2D eigenvalue weighted by Crippen LogP contribution is -2.70. The molecule has 5 aliphatic rings. The number of halogens is 3. The van der Waals surface area contributed by atoms with Crippen molar-refractivity contribution in [1.29, 1.82) is 10.7 Å². The van der Waals surface area contributed by atoms with Crippen molar-refractivity contribution < 1.29 is 13.2 Å². The van der Waals surface area contributed by atoms with E-state index in [0.717, 1.165) is 38.8 Å². The second-order valence-electron chi connectivity index (χ2n) is 11.3. The normalized spacial score (nSPS) is 42.7. The molecule has 4 heterocycles. The minimum Gasteiger partial charge on any atom is -0.338 e. The lowest BCUT2D eigenvalue weighted by atomic mass is 9.80. The van der Waals surface area contributed by atoms with Crippen molar-refractivity contribution in [1.82, 2.24) is 41.1 Å². The van der Waals surface area contributed by atoms with E-state index in [1.54, 1.807) is 7.05 Å². The van der Waals surface area contributed by atoms with Crippen molar-refractivity contribution in [2.45, 2.75) is 68.5 Å². The number of fused-ring (bicyclic) bond motifs is 1. The molecule has 4 aliphatic heterocycles. The summed E-state index contributed by atoms with van der Waals surface area (Å²) in [6.07, 6.45) is -0.846. The number of guanidine groups is 1. The first-order chi connectivity index (χ1) is 17.1. The van der Waals surface area contributed by atoms with Crippen LogP contribution in [-0.2, 0) is 0 Å². The summed E-state index contributed by atoms with van der Waals surface area (Å²) in [7, 11) is 5.70. The van der Waals surface area contributed by atoms with E-state index < -0.39 is 12.2 Å². The van der Waals surface area contributed by atoms with E-state index >= 15 is 0 Å². The molecule has 1 saturated carbocycles. The third-order valence-corrected chi connectivity index (χ3v) is 9.13. The van der Waals surface area contributed by atoms with E-state index in [0.29, 0.717) is 18.4 Å². The van der Waals surface area contributed by atoms with E-state index in [4.69, 9.17) is 5.41 Å². The van der Waals surface area contributed by atoms with Gasteiger partial charge in [0.1, 0.15) is 12.2 Å².